The first-order chi connectivity index (χ1) is 10.5. The Kier molecular flexibility index (Phi) is 4.28. The van der Waals surface area contributed by atoms with Crippen molar-refractivity contribution in [3.63, 3.8) is 0 Å². The first kappa shape index (κ1) is 17.1. The number of hydrogen-bond acceptors (Lipinski definition) is 3. The number of alkyl carbamates (subject to hydrolysis) is 1. The molecule has 23 heavy (non-hydrogen) atoms. The van der Waals surface area contributed by atoms with Gasteiger partial charge in [0.05, 0.1) is 5.56 Å². The second kappa shape index (κ2) is 5.75. The molecule has 5 nitrogen and oxygen atoms in total. The number of halogens is 3. The van der Waals surface area contributed by atoms with Crippen LogP contribution in [0.2, 0.25) is 0 Å². The maximum absolute atomic E-state index is 13.1. The van der Waals surface area contributed by atoms with E-state index in [1.165, 1.54) is 6.07 Å². The largest absolute Gasteiger partial charge is 0.444 e. The van der Waals surface area contributed by atoms with E-state index < -0.39 is 29.3 Å². The number of hydrogen-bond donors (Lipinski definition) is 2. The van der Waals surface area contributed by atoms with Crippen LogP contribution in [0.1, 0.15) is 47.8 Å². The molecule has 2 N–H and O–H groups in total. The van der Waals surface area contributed by atoms with Gasteiger partial charge in [0.15, 0.2) is 0 Å². The number of alkyl halides is 3. The lowest BCUT2D eigenvalue weighted by Crippen LogP contribution is -2.32. The van der Waals surface area contributed by atoms with E-state index in [4.69, 9.17) is 4.74 Å². The fourth-order valence-electron chi connectivity index (χ4n) is 2.23. The normalized spacial score (nSPS) is 14.3. The van der Waals surface area contributed by atoms with Crippen molar-refractivity contribution in [2.24, 2.45) is 0 Å². The zero-order valence-electron chi connectivity index (χ0n) is 12.9. The van der Waals surface area contributed by atoms with Gasteiger partial charge in [0, 0.05) is 18.7 Å². The molecule has 0 radical (unpaired) electrons. The third kappa shape index (κ3) is 4.14. The van der Waals surface area contributed by atoms with Crippen LogP contribution in [0.15, 0.2) is 12.1 Å². The van der Waals surface area contributed by atoms with E-state index in [0.29, 0.717) is 0 Å². The Morgan fingerprint density at radius 3 is 2.52 bits per heavy atom. The summed E-state index contributed by atoms with van der Waals surface area (Å²) in [6, 6.07) is 2.29. The zero-order chi connectivity index (χ0) is 17.4. The molecule has 2 amide bonds. The highest BCUT2D eigenvalue weighted by Crippen LogP contribution is 2.36. The van der Waals surface area contributed by atoms with E-state index in [1.54, 1.807) is 20.8 Å². The second-order valence-corrected chi connectivity index (χ2v) is 6.21. The minimum absolute atomic E-state index is 0.0131. The van der Waals surface area contributed by atoms with Crippen LogP contribution >= 0.6 is 0 Å². The molecular weight excluding hydrogens is 313 g/mol. The summed E-state index contributed by atoms with van der Waals surface area (Å²) >= 11 is 0. The van der Waals surface area contributed by atoms with Crippen molar-refractivity contribution in [3.05, 3.63) is 34.4 Å². The number of benzene rings is 1. The van der Waals surface area contributed by atoms with Crippen LogP contribution in [0, 0.1) is 0 Å². The van der Waals surface area contributed by atoms with E-state index in [9.17, 15) is 22.8 Å². The number of carbonyl (C=O) groups is 2. The molecule has 0 fully saturated rings. The summed E-state index contributed by atoms with van der Waals surface area (Å²) in [6.07, 6.45) is -5.31. The van der Waals surface area contributed by atoms with Crippen LogP contribution in [0.25, 0.3) is 0 Å². The van der Waals surface area contributed by atoms with E-state index in [-0.39, 0.29) is 29.8 Å². The number of fused-ring (bicyclic) bond motifs is 1. The minimum atomic E-state index is -4.57. The molecule has 1 aliphatic heterocycles. The van der Waals surface area contributed by atoms with E-state index in [1.807, 2.05) is 0 Å². The molecule has 2 rings (SSSR count). The van der Waals surface area contributed by atoms with E-state index >= 15 is 0 Å². The molecule has 0 spiro atoms. The third-order valence-electron chi connectivity index (χ3n) is 3.12. The minimum Gasteiger partial charge on any atom is -0.444 e. The summed E-state index contributed by atoms with van der Waals surface area (Å²) in [4.78, 5) is 23.2. The highest BCUT2D eigenvalue weighted by molar-refractivity contribution is 5.99. The lowest BCUT2D eigenvalue weighted by atomic mass is 9.99. The molecule has 126 valence electrons. The van der Waals surface area contributed by atoms with Crippen molar-refractivity contribution in [3.8, 4) is 0 Å². The van der Waals surface area contributed by atoms with E-state index in [2.05, 4.69) is 10.6 Å². The van der Waals surface area contributed by atoms with Crippen LogP contribution in [0.5, 0.6) is 0 Å². The van der Waals surface area contributed by atoms with Crippen LogP contribution in [0.3, 0.4) is 0 Å². The van der Waals surface area contributed by atoms with Gasteiger partial charge in [-0.1, -0.05) is 0 Å². The molecule has 0 unspecified atom stereocenters. The monoisotopic (exact) mass is 330 g/mol. The molecular formula is C15H17F3N2O3. The predicted octanol–water partition coefficient (Wildman–Crippen LogP) is 2.97. The summed E-state index contributed by atoms with van der Waals surface area (Å²) in [7, 11) is 0. The Hall–Kier alpha value is -2.25. The lowest BCUT2D eigenvalue weighted by Gasteiger charge is -2.20. The van der Waals surface area contributed by atoms with Crippen molar-refractivity contribution < 1.29 is 27.5 Å². The summed E-state index contributed by atoms with van der Waals surface area (Å²) in [5.41, 5.74) is -1.48. The number of rotatable bonds is 2. The molecule has 1 aliphatic rings. The molecule has 8 heteroatoms. The standard InChI is InChI=1S/C15H17F3N2O3/c1-14(2,3)23-13(22)20-6-8-4-9-10(7-19-12(9)21)11(5-8)15(16,17)18/h4-5H,6-7H2,1-3H3,(H,19,21)(H,20,22). The third-order valence-corrected chi connectivity index (χ3v) is 3.12. The van der Waals surface area contributed by atoms with Gasteiger partial charge in [-0.25, -0.2) is 4.79 Å². The fourth-order valence-corrected chi connectivity index (χ4v) is 2.23. The van der Waals surface area contributed by atoms with Gasteiger partial charge in [-0.2, -0.15) is 13.2 Å². The van der Waals surface area contributed by atoms with Gasteiger partial charge >= 0.3 is 12.3 Å². The molecule has 1 heterocycles. The van der Waals surface area contributed by atoms with Crippen molar-refractivity contribution in [1.82, 2.24) is 10.6 Å². The Balaban J connectivity index is 2.22. The Morgan fingerprint density at radius 1 is 1.30 bits per heavy atom. The maximum Gasteiger partial charge on any atom is 0.416 e. The highest BCUT2D eigenvalue weighted by Gasteiger charge is 2.37. The summed E-state index contributed by atoms with van der Waals surface area (Å²) < 4.78 is 44.4. The molecule has 1 aromatic rings. The average Bonchev–Trinajstić information content (AvgIpc) is 2.74. The quantitative estimate of drug-likeness (QED) is 0.876. The van der Waals surface area contributed by atoms with Crippen molar-refractivity contribution in [1.29, 1.82) is 0 Å². The Morgan fingerprint density at radius 2 is 1.96 bits per heavy atom. The number of nitrogens with one attached hydrogen (secondary N) is 2. The number of amides is 2. The molecule has 1 aromatic carbocycles. The molecule has 0 aromatic heterocycles. The highest BCUT2D eigenvalue weighted by atomic mass is 19.4. The van der Waals surface area contributed by atoms with Gasteiger partial charge in [0.2, 0.25) is 0 Å². The lowest BCUT2D eigenvalue weighted by molar-refractivity contribution is -0.138. The van der Waals surface area contributed by atoms with Crippen molar-refractivity contribution >= 4 is 12.0 Å². The number of ether oxygens (including phenoxy) is 1. The topological polar surface area (TPSA) is 67.4 Å². The van der Waals surface area contributed by atoms with Crippen LogP contribution < -0.4 is 10.6 Å². The summed E-state index contributed by atoms with van der Waals surface area (Å²) in [5, 5.41) is 4.75. The van der Waals surface area contributed by atoms with Crippen LogP contribution in [-0.2, 0) is 24.0 Å². The SMILES string of the molecule is CC(C)(C)OC(=O)NCc1cc2c(c(C(F)(F)F)c1)CNC2=O. The first-order valence-corrected chi connectivity index (χ1v) is 6.95. The molecule has 0 saturated carbocycles. The van der Waals surface area contributed by atoms with Gasteiger partial charge in [-0.15, -0.1) is 0 Å². The van der Waals surface area contributed by atoms with Crippen molar-refractivity contribution in [2.45, 2.75) is 45.6 Å². The molecule has 0 bridgehead atoms. The van der Waals surface area contributed by atoms with Crippen LogP contribution in [0.4, 0.5) is 18.0 Å². The molecule has 0 aliphatic carbocycles. The summed E-state index contributed by atoms with van der Waals surface area (Å²) in [6.45, 7) is 4.71. The van der Waals surface area contributed by atoms with Crippen molar-refractivity contribution in [2.75, 3.05) is 0 Å². The fraction of sp³-hybridized carbons (Fsp3) is 0.467. The summed E-state index contributed by atoms with van der Waals surface area (Å²) in [5.74, 6) is -0.551. The Bertz CT molecular complexity index is 649. The van der Waals surface area contributed by atoms with Gasteiger partial charge in [-0.3, -0.25) is 4.79 Å². The van der Waals surface area contributed by atoms with Gasteiger partial charge < -0.3 is 15.4 Å². The zero-order valence-corrected chi connectivity index (χ0v) is 12.9. The molecule has 0 saturated heterocycles. The second-order valence-electron chi connectivity index (χ2n) is 6.21. The van der Waals surface area contributed by atoms with Gasteiger partial charge in [-0.05, 0) is 44.0 Å². The smallest absolute Gasteiger partial charge is 0.416 e. The average molecular weight is 330 g/mol. The Labute approximate surface area is 131 Å². The maximum atomic E-state index is 13.1. The van der Waals surface area contributed by atoms with Gasteiger partial charge in [0.1, 0.15) is 5.60 Å². The van der Waals surface area contributed by atoms with Gasteiger partial charge in [0.25, 0.3) is 5.91 Å². The number of carbonyl (C=O) groups excluding carboxylic acids is 2. The first-order valence-electron chi connectivity index (χ1n) is 6.95. The predicted molar refractivity (Wildman–Crippen MR) is 75.7 cm³/mol. The molecule has 0 atom stereocenters. The van der Waals surface area contributed by atoms with E-state index in [0.717, 1.165) is 6.07 Å². The van der Waals surface area contributed by atoms with Crippen LogP contribution in [-0.4, -0.2) is 17.6 Å².